The van der Waals surface area contributed by atoms with E-state index >= 15 is 0 Å². The third-order valence-corrected chi connectivity index (χ3v) is 10.6. The number of phosphoric acid groups is 2. The average molecular weight is 626 g/mol. The molecule has 6 rings (SSSR count). The zero-order valence-electron chi connectivity index (χ0n) is 23.4. The van der Waals surface area contributed by atoms with Crippen LogP contribution in [-0.4, -0.2) is 159 Å². The van der Waals surface area contributed by atoms with Gasteiger partial charge in [0.2, 0.25) is 0 Å². The molecule has 21 heteroatoms. The summed E-state index contributed by atoms with van der Waals surface area (Å²) in [5.41, 5.74) is -3.61. The van der Waals surface area contributed by atoms with Crippen LogP contribution in [0, 0.1) is 0 Å². The van der Waals surface area contributed by atoms with Gasteiger partial charge in [-0.2, -0.15) is 0 Å². The lowest BCUT2D eigenvalue weighted by molar-refractivity contribution is -0.145. The lowest BCUT2D eigenvalue weighted by Crippen LogP contribution is -2.47. The molecule has 41 heavy (non-hydrogen) atoms. The van der Waals surface area contributed by atoms with Gasteiger partial charge in [-0.25, -0.2) is 9.13 Å². The zero-order chi connectivity index (χ0) is 29.4. The van der Waals surface area contributed by atoms with Crippen LogP contribution in [0.5, 0.6) is 0 Å². The molecule has 0 saturated carbocycles. The number of rotatable bonds is 13. The Hall–Kier alpha value is 0.0948. The molecular weight excluding hydrogens is 591 g/mol. The van der Waals surface area contributed by atoms with Gasteiger partial charge < -0.3 is 47.7 Å². The Morgan fingerprint density at radius 2 is 1.05 bits per heavy atom. The first kappa shape index (κ1) is 31.1. The highest BCUT2D eigenvalue weighted by Gasteiger charge is 2.66. The molecule has 0 aromatic rings. The summed E-state index contributed by atoms with van der Waals surface area (Å²) >= 11 is 0. The molecule has 6 fully saturated rings. The maximum Gasteiger partial charge on any atom is 0.472 e. The van der Waals surface area contributed by atoms with E-state index in [1.54, 1.807) is 15.7 Å². The second-order valence-corrected chi connectivity index (χ2v) is 14.4. The fourth-order valence-electron chi connectivity index (χ4n) is 6.99. The largest absolute Gasteiger partial charge is 0.472 e. The number of fused-ring (bicyclic) bond motifs is 6. The van der Waals surface area contributed by atoms with Crippen molar-refractivity contribution in [3.8, 4) is 0 Å². The highest BCUT2D eigenvalue weighted by Crippen LogP contribution is 2.57. The zero-order valence-corrected chi connectivity index (χ0v) is 25.2. The molecule has 230 valence electrons. The first-order valence-corrected chi connectivity index (χ1v) is 16.5. The Morgan fingerprint density at radius 3 is 1.41 bits per heavy atom. The highest BCUT2D eigenvalue weighted by atomic mass is 31.2. The van der Waals surface area contributed by atoms with Gasteiger partial charge in [0.1, 0.15) is 77.0 Å². The second-order valence-electron chi connectivity index (χ2n) is 11.6. The summed E-state index contributed by atoms with van der Waals surface area (Å²) in [5, 5.41) is 0. The summed E-state index contributed by atoms with van der Waals surface area (Å²) in [4.78, 5) is 21.4. The molecule has 0 amide bonds. The molecule has 0 aromatic carbocycles. The Morgan fingerprint density at radius 1 is 0.683 bits per heavy atom. The van der Waals surface area contributed by atoms with Crippen molar-refractivity contribution in [2.45, 2.75) is 71.4 Å². The summed E-state index contributed by atoms with van der Waals surface area (Å²) in [6, 6.07) is -1.25. The van der Waals surface area contributed by atoms with E-state index in [4.69, 9.17) is 56.0 Å². The molecule has 6 aliphatic heterocycles. The number of hydrogen-bond donors (Lipinski definition) is 2. The molecule has 11 unspecified atom stereocenters. The van der Waals surface area contributed by atoms with Crippen molar-refractivity contribution < 1.29 is 74.9 Å². The van der Waals surface area contributed by atoms with E-state index in [1.165, 1.54) is 14.2 Å². The summed E-state index contributed by atoms with van der Waals surface area (Å²) in [6.45, 7) is -0.644. The van der Waals surface area contributed by atoms with Crippen LogP contribution in [0.1, 0.15) is 0 Å². The van der Waals surface area contributed by atoms with E-state index in [1.807, 2.05) is 7.85 Å². The summed E-state index contributed by atoms with van der Waals surface area (Å²) in [6.07, 6.45) is -4.23. The molecule has 6 saturated heterocycles. The number of phosphoric ester groups is 2. The monoisotopic (exact) mass is 626 g/mol. The molecule has 2 N–H and O–H groups in total. The van der Waals surface area contributed by atoms with Gasteiger partial charge in [-0.3, -0.25) is 18.1 Å². The number of methoxy groups -OCH3 is 2. The van der Waals surface area contributed by atoms with Crippen LogP contribution in [-0.2, 0) is 65.1 Å². The van der Waals surface area contributed by atoms with Gasteiger partial charge in [0.25, 0.3) is 0 Å². The van der Waals surface area contributed by atoms with Crippen LogP contribution in [0.4, 0.5) is 0 Å². The molecule has 6 bridgehead atoms. The lowest BCUT2D eigenvalue weighted by Gasteiger charge is -2.33. The van der Waals surface area contributed by atoms with Gasteiger partial charge in [-0.15, -0.1) is 0 Å². The van der Waals surface area contributed by atoms with Crippen LogP contribution in [0.2, 0.25) is 0 Å². The number of hydrogen-bond acceptors (Lipinski definition) is 14. The Balaban J connectivity index is 1.11. The SMILES string of the molecule is BC1O[C@@]2(COP(=O)(O)OC3C4OC[C@]3(COC)OC4B)COC1C2OP(=O)(O)OCC12COC(C(B)O1)[C@H]2OC. The Bertz CT molecular complexity index is 1110. The smallest absolute Gasteiger partial charge is 0.381 e. The normalized spacial score (nSPS) is 50.9. The van der Waals surface area contributed by atoms with Crippen molar-refractivity contribution in [2.24, 2.45) is 0 Å². The van der Waals surface area contributed by atoms with E-state index in [-0.39, 0.29) is 51.1 Å². The molecule has 16 nitrogen and oxygen atoms in total. The molecule has 0 aromatic heterocycles. The predicted octanol–water partition coefficient (Wildman–Crippen LogP) is -3.97. The van der Waals surface area contributed by atoms with Crippen molar-refractivity contribution in [3.63, 3.8) is 0 Å². The van der Waals surface area contributed by atoms with Gasteiger partial charge in [0.15, 0.2) is 0 Å². The molecular formula is C20H35B3O16P2. The minimum atomic E-state index is -4.73. The van der Waals surface area contributed by atoms with E-state index < -0.39 is 75.6 Å². The van der Waals surface area contributed by atoms with Gasteiger partial charge >= 0.3 is 15.6 Å². The Kier molecular flexibility index (Phi) is 8.24. The van der Waals surface area contributed by atoms with Crippen LogP contribution in [0.3, 0.4) is 0 Å². The quantitative estimate of drug-likeness (QED) is 0.149. The first-order chi connectivity index (χ1) is 19.3. The number of ether oxygens (including phenoxy) is 8. The van der Waals surface area contributed by atoms with Crippen LogP contribution in [0.15, 0.2) is 0 Å². The van der Waals surface area contributed by atoms with Crippen LogP contribution >= 0.6 is 15.6 Å². The topological polar surface area (TPSA) is 185 Å². The third kappa shape index (κ3) is 5.27. The second kappa shape index (κ2) is 10.9. The van der Waals surface area contributed by atoms with Gasteiger partial charge in [0, 0.05) is 14.2 Å². The minimum Gasteiger partial charge on any atom is -0.381 e. The van der Waals surface area contributed by atoms with Crippen molar-refractivity contribution in [3.05, 3.63) is 0 Å². The van der Waals surface area contributed by atoms with Gasteiger partial charge in [-0.05, 0) is 0 Å². The van der Waals surface area contributed by atoms with E-state index in [0.29, 0.717) is 0 Å². The fourth-order valence-corrected chi connectivity index (χ4v) is 9.07. The van der Waals surface area contributed by atoms with Crippen LogP contribution < -0.4 is 0 Å². The molecule has 0 aliphatic carbocycles. The first-order valence-electron chi connectivity index (χ1n) is 13.5. The van der Waals surface area contributed by atoms with Crippen molar-refractivity contribution in [1.82, 2.24) is 0 Å². The molecule has 0 radical (unpaired) electrons. The maximum absolute atomic E-state index is 13.1. The summed E-state index contributed by atoms with van der Waals surface area (Å²) in [7, 11) is -1.18. The van der Waals surface area contributed by atoms with Crippen molar-refractivity contribution in [1.29, 1.82) is 0 Å². The standard InChI is InChI=1S/C20H35B3O16P2/c1-28-3-18-4-31-10(16(22)35-18)13(18)38-41(26,27)34-8-20-6-32-11(17(23)37-20)14(20)39-40(24,25)33-7-19-5-30-9(12(19)29-2)15(21)36-19/h9-17H,3-8,21-23H2,1-2H3,(H,24,25)(H,26,27)/t9?,10?,11?,12-,13?,14?,15?,16?,17?,18+,19?,20-/m1/s1. The third-order valence-electron chi connectivity index (χ3n) is 8.74. The van der Waals surface area contributed by atoms with Gasteiger partial charge in [-0.1, -0.05) is 0 Å². The summed E-state index contributed by atoms with van der Waals surface area (Å²) in [5.74, 6) is 0. The maximum atomic E-state index is 13.1. The van der Waals surface area contributed by atoms with E-state index in [0.717, 1.165) is 0 Å². The molecule has 0 spiro atoms. The Labute approximate surface area is 239 Å². The predicted molar refractivity (Wildman–Crippen MR) is 142 cm³/mol. The molecule has 14 atom stereocenters. The highest BCUT2D eigenvalue weighted by molar-refractivity contribution is 7.47. The fraction of sp³-hybridized carbons (Fsp3) is 1.00. The minimum absolute atomic E-state index is 0.0867. The van der Waals surface area contributed by atoms with E-state index in [2.05, 4.69) is 0 Å². The van der Waals surface area contributed by atoms with Crippen LogP contribution in [0.25, 0.3) is 0 Å². The summed E-state index contributed by atoms with van der Waals surface area (Å²) < 4.78 is 93.9. The van der Waals surface area contributed by atoms with Crippen molar-refractivity contribution >= 4 is 39.2 Å². The molecule has 6 aliphatic rings. The average Bonchev–Trinajstić information content (AvgIpc) is 3.69. The van der Waals surface area contributed by atoms with Crippen molar-refractivity contribution in [2.75, 3.05) is 53.9 Å². The molecule has 6 heterocycles. The lowest BCUT2D eigenvalue weighted by atomic mass is 9.92. The van der Waals surface area contributed by atoms with Gasteiger partial charge in [0.05, 0.1) is 57.7 Å². The van der Waals surface area contributed by atoms with E-state index in [9.17, 15) is 18.9 Å².